The van der Waals surface area contributed by atoms with E-state index in [0.717, 1.165) is 50.5 Å². The average molecular weight is 547 g/mol. The maximum Gasteiger partial charge on any atom is 0.251 e. The minimum absolute atomic E-state index is 0.0800. The molecule has 4 rings (SSSR count). The van der Waals surface area contributed by atoms with Crippen LogP contribution in [-0.2, 0) is 0 Å². The van der Waals surface area contributed by atoms with Crippen LogP contribution in [0.5, 0.6) is 5.75 Å². The smallest absolute Gasteiger partial charge is 0.251 e. The predicted octanol–water partition coefficient (Wildman–Crippen LogP) is 6.49. The second-order valence-corrected chi connectivity index (χ2v) is 11.7. The Morgan fingerprint density at radius 3 is 2.35 bits per heavy atom. The van der Waals surface area contributed by atoms with E-state index < -0.39 is 0 Å². The quantitative estimate of drug-likeness (QED) is 0.327. The number of benzene rings is 2. The summed E-state index contributed by atoms with van der Waals surface area (Å²) in [6, 6.07) is 13.7. The van der Waals surface area contributed by atoms with Crippen LogP contribution in [0.1, 0.15) is 67.8 Å². The van der Waals surface area contributed by atoms with E-state index in [9.17, 15) is 4.79 Å². The molecule has 1 atom stereocenters. The van der Waals surface area contributed by atoms with Crippen molar-refractivity contribution < 1.29 is 9.53 Å². The molecule has 202 valence electrons. The molecule has 2 aromatic rings. The number of amides is 1. The van der Waals surface area contributed by atoms with Gasteiger partial charge in [-0.1, -0.05) is 49.2 Å². The first kappa shape index (κ1) is 28.2. The first-order valence-electron chi connectivity index (χ1n) is 13.8. The minimum Gasteiger partial charge on any atom is -0.489 e. The first-order valence-corrected chi connectivity index (χ1v) is 14.6. The molecule has 7 heteroatoms. The van der Waals surface area contributed by atoms with E-state index in [1.165, 1.54) is 31.5 Å². The summed E-state index contributed by atoms with van der Waals surface area (Å²) in [5.74, 6) is 1.60. The summed E-state index contributed by atoms with van der Waals surface area (Å²) >= 11 is 12.6. The van der Waals surface area contributed by atoms with Gasteiger partial charge in [0.1, 0.15) is 11.9 Å². The number of likely N-dealkylation sites (tertiary alicyclic amines) is 2. The second-order valence-electron chi connectivity index (χ2n) is 10.8. The largest absolute Gasteiger partial charge is 0.489 e. The summed E-state index contributed by atoms with van der Waals surface area (Å²) < 4.78 is 6.26. The van der Waals surface area contributed by atoms with Crippen molar-refractivity contribution in [2.45, 2.75) is 58.0 Å². The Hall–Kier alpha value is -1.79. The highest BCUT2D eigenvalue weighted by atomic mass is 35.5. The topological polar surface area (TPSA) is 44.8 Å². The van der Waals surface area contributed by atoms with Crippen LogP contribution < -0.4 is 10.1 Å². The number of nitrogens with one attached hydrogen (secondary N) is 1. The molecule has 2 aromatic carbocycles. The maximum atomic E-state index is 12.5. The standard InChI is InChI=1S/C30H41Cl2N3O2/c1-22(2)27(23-6-9-25(31)10-7-23)21-35-18-12-26(13-19-35)37-29-11-8-24(20-28(29)32)30(36)33-14-5-17-34-15-3-4-16-34/h6-11,20,22,26-27H,3-5,12-19,21H2,1-2H3,(H,33,36). The number of hydrogen-bond acceptors (Lipinski definition) is 4. The second kappa shape index (κ2) is 13.8. The molecular weight excluding hydrogens is 505 g/mol. The fraction of sp³-hybridized carbons (Fsp3) is 0.567. The van der Waals surface area contributed by atoms with Crippen LogP contribution in [0.3, 0.4) is 0 Å². The molecule has 37 heavy (non-hydrogen) atoms. The van der Waals surface area contributed by atoms with E-state index in [-0.39, 0.29) is 12.0 Å². The zero-order valence-electron chi connectivity index (χ0n) is 22.2. The van der Waals surface area contributed by atoms with Crippen molar-refractivity contribution in [2.24, 2.45) is 5.92 Å². The normalized spacial score (nSPS) is 18.3. The summed E-state index contributed by atoms with van der Waals surface area (Å²) in [5, 5.41) is 4.29. The molecule has 2 saturated heterocycles. The lowest BCUT2D eigenvalue weighted by atomic mass is 9.87. The Morgan fingerprint density at radius 1 is 1.00 bits per heavy atom. The van der Waals surface area contributed by atoms with Gasteiger partial charge in [0.05, 0.1) is 5.02 Å². The van der Waals surface area contributed by atoms with Gasteiger partial charge in [-0.3, -0.25) is 4.79 Å². The third-order valence-corrected chi connectivity index (χ3v) is 8.26. The molecule has 1 N–H and O–H groups in total. The van der Waals surface area contributed by atoms with Crippen LogP contribution in [-0.4, -0.2) is 67.6 Å². The Morgan fingerprint density at radius 2 is 1.70 bits per heavy atom. The summed E-state index contributed by atoms with van der Waals surface area (Å²) in [4.78, 5) is 17.5. The summed E-state index contributed by atoms with van der Waals surface area (Å²) in [6.07, 6.45) is 5.61. The van der Waals surface area contributed by atoms with Gasteiger partial charge in [-0.25, -0.2) is 0 Å². The molecule has 0 aliphatic carbocycles. The van der Waals surface area contributed by atoms with Crippen LogP contribution in [0.25, 0.3) is 0 Å². The Balaban J connectivity index is 1.22. The molecule has 0 aromatic heterocycles. The number of carbonyl (C=O) groups excluding carboxylic acids is 1. The van der Waals surface area contributed by atoms with Gasteiger partial charge in [0.15, 0.2) is 0 Å². The molecule has 2 aliphatic heterocycles. The van der Waals surface area contributed by atoms with Gasteiger partial charge in [-0.15, -0.1) is 0 Å². The van der Waals surface area contributed by atoms with E-state index in [4.69, 9.17) is 27.9 Å². The fourth-order valence-electron chi connectivity index (χ4n) is 5.43. The monoisotopic (exact) mass is 545 g/mol. The third-order valence-electron chi connectivity index (χ3n) is 7.72. The van der Waals surface area contributed by atoms with Crippen molar-refractivity contribution in [1.82, 2.24) is 15.1 Å². The predicted molar refractivity (Wildman–Crippen MR) is 153 cm³/mol. The molecule has 0 radical (unpaired) electrons. The minimum atomic E-state index is -0.0800. The first-order chi connectivity index (χ1) is 17.9. The highest BCUT2D eigenvalue weighted by Crippen LogP contribution is 2.31. The van der Waals surface area contributed by atoms with E-state index in [2.05, 4.69) is 41.1 Å². The number of piperidine rings is 1. The zero-order chi connectivity index (χ0) is 26.2. The molecular formula is C30H41Cl2N3O2. The molecule has 2 heterocycles. The molecule has 0 bridgehead atoms. The van der Waals surface area contributed by atoms with Crippen molar-refractivity contribution >= 4 is 29.1 Å². The van der Waals surface area contributed by atoms with Gasteiger partial charge in [-0.2, -0.15) is 0 Å². The number of ether oxygens (including phenoxy) is 1. The molecule has 0 saturated carbocycles. The van der Waals surface area contributed by atoms with E-state index in [0.29, 0.717) is 34.7 Å². The number of hydrogen-bond donors (Lipinski definition) is 1. The van der Waals surface area contributed by atoms with Crippen molar-refractivity contribution in [2.75, 3.05) is 45.8 Å². The Kier molecular flexibility index (Phi) is 10.6. The zero-order valence-corrected chi connectivity index (χ0v) is 23.7. The summed E-state index contributed by atoms with van der Waals surface area (Å²) in [5.41, 5.74) is 1.93. The van der Waals surface area contributed by atoms with Gasteiger partial charge in [0.25, 0.3) is 5.91 Å². The molecule has 1 amide bonds. The van der Waals surface area contributed by atoms with Gasteiger partial charge in [0.2, 0.25) is 0 Å². The molecule has 0 spiro atoms. The SMILES string of the molecule is CC(C)C(CN1CCC(Oc2ccc(C(=O)NCCCN3CCCC3)cc2Cl)CC1)c1ccc(Cl)cc1. The van der Waals surface area contributed by atoms with Crippen molar-refractivity contribution in [3.8, 4) is 5.75 Å². The molecule has 2 aliphatic rings. The van der Waals surface area contributed by atoms with Crippen molar-refractivity contribution in [3.63, 3.8) is 0 Å². The Labute approximate surface area is 232 Å². The van der Waals surface area contributed by atoms with Crippen LogP contribution in [0, 0.1) is 5.92 Å². The fourth-order valence-corrected chi connectivity index (χ4v) is 5.78. The highest BCUT2D eigenvalue weighted by molar-refractivity contribution is 6.32. The average Bonchev–Trinajstić information content (AvgIpc) is 3.41. The lowest BCUT2D eigenvalue weighted by Gasteiger charge is -2.35. The molecule has 2 fully saturated rings. The number of nitrogens with zero attached hydrogens (tertiary/aromatic N) is 2. The Bertz CT molecular complexity index is 1000. The van der Waals surface area contributed by atoms with E-state index >= 15 is 0 Å². The highest BCUT2D eigenvalue weighted by Gasteiger charge is 2.25. The lowest BCUT2D eigenvalue weighted by molar-refractivity contribution is 0.0936. The number of halogens is 2. The summed E-state index contributed by atoms with van der Waals surface area (Å²) in [7, 11) is 0. The van der Waals surface area contributed by atoms with E-state index in [1.807, 2.05) is 24.3 Å². The van der Waals surface area contributed by atoms with Crippen LogP contribution in [0.15, 0.2) is 42.5 Å². The van der Waals surface area contributed by atoms with Crippen LogP contribution >= 0.6 is 23.2 Å². The maximum absolute atomic E-state index is 12.5. The van der Waals surface area contributed by atoms with Crippen LogP contribution in [0.4, 0.5) is 0 Å². The van der Waals surface area contributed by atoms with Crippen LogP contribution in [0.2, 0.25) is 10.0 Å². The van der Waals surface area contributed by atoms with Gasteiger partial charge >= 0.3 is 0 Å². The van der Waals surface area contributed by atoms with Crippen molar-refractivity contribution in [3.05, 3.63) is 63.6 Å². The molecule has 5 nitrogen and oxygen atoms in total. The summed E-state index contributed by atoms with van der Waals surface area (Å²) in [6.45, 7) is 11.7. The van der Waals surface area contributed by atoms with Crippen molar-refractivity contribution in [1.29, 1.82) is 0 Å². The third kappa shape index (κ3) is 8.35. The number of rotatable bonds is 11. The van der Waals surface area contributed by atoms with E-state index in [1.54, 1.807) is 6.07 Å². The molecule has 1 unspecified atom stereocenters. The lowest BCUT2D eigenvalue weighted by Crippen LogP contribution is -2.41. The van der Waals surface area contributed by atoms with Gasteiger partial charge in [0, 0.05) is 36.8 Å². The van der Waals surface area contributed by atoms with Gasteiger partial charge < -0.3 is 19.9 Å². The van der Waals surface area contributed by atoms with Gasteiger partial charge in [-0.05, 0) is 99.5 Å². The number of carbonyl (C=O) groups is 1.